The first-order valence-corrected chi connectivity index (χ1v) is 17.4. The predicted octanol–water partition coefficient (Wildman–Crippen LogP) is 8.37. The first-order chi connectivity index (χ1) is 24.5. The zero-order valence-corrected chi connectivity index (χ0v) is 27.6. The summed E-state index contributed by atoms with van der Waals surface area (Å²) in [7, 11) is -4.31. The highest BCUT2D eigenvalue weighted by molar-refractivity contribution is 7.90. The molecule has 1 atom stereocenters. The van der Waals surface area contributed by atoms with Gasteiger partial charge in [-0.15, -0.1) is 0 Å². The monoisotopic (exact) mass is 713 g/mol. The number of ether oxygens (including phenoxy) is 1. The molecule has 10 nitrogen and oxygen atoms in total. The van der Waals surface area contributed by atoms with Gasteiger partial charge in [0, 0.05) is 42.5 Å². The van der Waals surface area contributed by atoms with E-state index in [1.807, 2.05) is 36.4 Å². The van der Waals surface area contributed by atoms with Crippen molar-refractivity contribution in [1.29, 1.82) is 0 Å². The van der Waals surface area contributed by atoms with Crippen LogP contribution in [0.4, 0.5) is 23.9 Å². The van der Waals surface area contributed by atoms with E-state index in [4.69, 9.17) is 4.74 Å². The molecule has 0 unspecified atom stereocenters. The summed E-state index contributed by atoms with van der Waals surface area (Å²) < 4.78 is 78.8. The lowest BCUT2D eigenvalue weighted by Crippen LogP contribution is -2.44. The van der Waals surface area contributed by atoms with Crippen LogP contribution in [0.3, 0.4) is 0 Å². The van der Waals surface area contributed by atoms with Gasteiger partial charge in [0.1, 0.15) is 17.1 Å². The zero-order valence-electron chi connectivity index (χ0n) is 26.8. The van der Waals surface area contributed by atoms with Crippen molar-refractivity contribution in [1.82, 2.24) is 18.8 Å². The maximum atomic E-state index is 14.5. The van der Waals surface area contributed by atoms with E-state index in [2.05, 4.69) is 15.3 Å². The van der Waals surface area contributed by atoms with E-state index in [-0.39, 0.29) is 33.9 Å². The molecule has 3 heterocycles. The minimum atomic E-state index is -4.88. The molecule has 2 N–H and O–H groups in total. The number of nitrogens with one attached hydrogen (secondary N) is 1. The molecule has 4 aromatic carbocycles. The molecule has 0 aliphatic carbocycles. The number of carbonyl (C=O) groups is 1. The number of fused-ring (bicyclic) bond motifs is 1. The van der Waals surface area contributed by atoms with E-state index in [0.29, 0.717) is 48.2 Å². The molecule has 14 heteroatoms. The van der Waals surface area contributed by atoms with Crippen LogP contribution in [-0.2, 0) is 16.2 Å². The van der Waals surface area contributed by atoms with Gasteiger partial charge >= 0.3 is 12.3 Å². The number of piperidine rings is 1. The number of rotatable bonds is 8. The van der Waals surface area contributed by atoms with Crippen LogP contribution in [0.15, 0.2) is 120 Å². The Morgan fingerprint density at radius 1 is 0.902 bits per heavy atom. The Kier molecular flexibility index (Phi) is 8.85. The summed E-state index contributed by atoms with van der Waals surface area (Å²) in [5, 5.41) is 12.6. The lowest BCUT2D eigenvalue weighted by molar-refractivity contribution is -0.137. The molecule has 0 saturated carbocycles. The van der Waals surface area contributed by atoms with Crippen molar-refractivity contribution in [2.75, 3.05) is 18.4 Å². The number of aromatic nitrogens is 3. The maximum Gasteiger partial charge on any atom is 0.419 e. The van der Waals surface area contributed by atoms with E-state index in [9.17, 15) is 31.5 Å². The van der Waals surface area contributed by atoms with Crippen LogP contribution in [0, 0.1) is 0 Å². The Morgan fingerprint density at radius 2 is 1.61 bits per heavy atom. The number of nitrogens with zero attached hydrogens (tertiary/aromatic N) is 4. The van der Waals surface area contributed by atoms with Gasteiger partial charge in [-0.1, -0.05) is 60.7 Å². The second kappa shape index (κ2) is 13.4. The number of para-hydroxylation sites is 1. The number of anilines is 1. The highest BCUT2D eigenvalue weighted by atomic mass is 32.2. The number of hydrogen-bond acceptors (Lipinski definition) is 7. The first-order valence-electron chi connectivity index (χ1n) is 16.0. The SMILES string of the molecule is O=C(O)N1CCC[C@H](Nc2ncc(C(F)(F)F)c(-c3cn(S(=O)(=O)c4ccccc4)c4cc(-c5cccc(Oc6ccccc6)c5)ccc34)n2)C1. The first kappa shape index (κ1) is 33.6. The summed E-state index contributed by atoms with van der Waals surface area (Å²) in [5.74, 6) is 1.01. The molecule has 0 bridgehead atoms. The highest BCUT2D eigenvalue weighted by Crippen LogP contribution is 2.41. The highest BCUT2D eigenvalue weighted by Gasteiger charge is 2.37. The van der Waals surface area contributed by atoms with E-state index in [1.165, 1.54) is 17.0 Å². The van der Waals surface area contributed by atoms with E-state index >= 15 is 0 Å². The van der Waals surface area contributed by atoms with E-state index in [0.717, 1.165) is 10.2 Å². The Labute approximate surface area is 290 Å². The summed E-state index contributed by atoms with van der Waals surface area (Å²) in [5.41, 5.74) is -0.350. The molecule has 1 fully saturated rings. The fourth-order valence-electron chi connectivity index (χ4n) is 6.15. The van der Waals surface area contributed by atoms with Crippen LogP contribution in [-0.4, -0.2) is 57.6 Å². The number of halogens is 3. The second-order valence-electron chi connectivity index (χ2n) is 12.0. The number of alkyl halides is 3. The minimum Gasteiger partial charge on any atom is -0.465 e. The summed E-state index contributed by atoms with van der Waals surface area (Å²) in [4.78, 5) is 20.9. The molecule has 0 spiro atoms. The molecule has 1 amide bonds. The molecular formula is C37H30F3N5O5S. The molecule has 6 aromatic rings. The van der Waals surface area contributed by atoms with Gasteiger partial charge in [-0.2, -0.15) is 13.2 Å². The average molecular weight is 714 g/mol. The van der Waals surface area contributed by atoms with Gasteiger partial charge in [0.25, 0.3) is 10.0 Å². The molecule has 51 heavy (non-hydrogen) atoms. The Hall–Kier alpha value is -5.89. The van der Waals surface area contributed by atoms with Crippen molar-refractivity contribution >= 4 is 33.0 Å². The van der Waals surface area contributed by atoms with Crippen molar-refractivity contribution < 1.29 is 36.2 Å². The summed E-state index contributed by atoms with van der Waals surface area (Å²) >= 11 is 0. The van der Waals surface area contributed by atoms with Crippen LogP contribution in [0.5, 0.6) is 11.5 Å². The minimum absolute atomic E-state index is 0.0570. The Bertz CT molecular complexity index is 2330. The average Bonchev–Trinajstić information content (AvgIpc) is 3.52. The van der Waals surface area contributed by atoms with Gasteiger partial charge in [0.05, 0.1) is 16.1 Å². The van der Waals surface area contributed by atoms with E-state index < -0.39 is 39.6 Å². The molecule has 260 valence electrons. The quantitative estimate of drug-likeness (QED) is 0.161. The maximum absolute atomic E-state index is 14.5. The molecule has 1 aliphatic rings. The lowest BCUT2D eigenvalue weighted by Gasteiger charge is -2.31. The van der Waals surface area contributed by atoms with Gasteiger partial charge in [0.15, 0.2) is 0 Å². The van der Waals surface area contributed by atoms with Gasteiger partial charge in [-0.25, -0.2) is 27.2 Å². The van der Waals surface area contributed by atoms with Gasteiger partial charge in [0.2, 0.25) is 5.95 Å². The fourth-order valence-corrected chi connectivity index (χ4v) is 7.53. The molecular weight excluding hydrogens is 683 g/mol. The Morgan fingerprint density at radius 3 is 2.33 bits per heavy atom. The van der Waals surface area contributed by atoms with Crippen LogP contribution in [0.1, 0.15) is 18.4 Å². The van der Waals surface area contributed by atoms with Crippen molar-refractivity contribution in [3.8, 4) is 33.9 Å². The largest absolute Gasteiger partial charge is 0.465 e. The molecule has 7 rings (SSSR count). The molecule has 0 radical (unpaired) electrons. The lowest BCUT2D eigenvalue weighted by atomic mass is 10.0. The number of likely N-dealkylation sites (tertiary alicyclic amines) is 1. The number of benzene rings is 4. The van der Waals surface area contributed by atoms with Crippen LogP contribution >= 0.6 is 0 Å². The molecule has 2 aromatic heterocycles. The van der Waals surface area contributed by atoms with E-state index in [1.54, 1.807) is 54.6 Å². The van der Waals surface area contributed by atoms with Gasteiger partial charge < -0.3 is 20.1 Å². The van der Waals surface area contributed by atoms with Crippen molar-refractivity contribution in [3.63, 3.8) is 0 Å². The van der Waals surface area contributed by atoms with Crippen molar-refractivity contribution in [2.24, 2.45) is 0 Å². The van der Waals surface area contributed by atoms with Crippen molar-refractivity contribution in [3.05, 3.63) is 121 Å². The van der Waals surface area contributed by atoms with Gasteiger partial charge in [-0.3, -0.25) is 0 Å². The standard InChI is InChI=1S/C37H30F3N5O5S/c38-37(39,40)32-21-41-35(42-26-10-8-18-44(22-26)36(46)47)43-34(32)31-23-45(51(48,49)29-14-5-2-6-15-29)33-20-25(16-17-30(31)33)24-9-7-13-28(19-24)50-27-11-3-1-4-12-27/h1-7,9,11-17,19-21,23,26H,8,10,18,22H2,(H,46,47)(H,41,42,43)/t26-/m0/s1. The predicted molar refractivity (Wildman–Crippen MR) is 185 cm³/mol. The summed E-state index contributed by atoms with van der Waals surface area (Å²) in [6.07, 6.45) is -3.07. The third-order valence-corrected chi connectivity index (χ3v) is 10.3. The Balaban J connectivity index is 1.37. The van der Waals surface area contributed by atoms with Crippen LogP contribution in [0.25, 0.3) is 33.3 Å². The van der Waals surface area contributed by atoms with Crippen molar-refractivity contribution in [2.45, 2.75) is 30.0 Å². The third-order valence-electron chi connectivity index (χ3n) is 8.59. The fraction of sp³-hybridized carbons (Fsp3) is 0.162. The molecule has 1 saturated heterocycles. The van der Waals surface area contributed by atoms with Gasteiger partial charge in [-0.05, 0) is 66.4 Å². The number of amides is 1. The number of hydrogen-bond donors (Lipinski definition) is 2. The molecule has 1 aliphatic heterocycles. The second-order valence-corrected chi connectivity index (χ2v) is 13.8. The van der Waals surface area contributed by atoms with Crippen LogP contribution < -0.4 is 10.1 Å². The zero-order chi connectivity index (χ0) is 35.8. The smallest absolute Gasteiger partial charge is 0.419 e. The normalized spacial score (nSPS) is 15.1. The summed E-state index contributed by atoms with van der Waals surface area (Å²) in [6.45, 7) is 0.443. The third kappa shape index (κ3) is 6.95. The topological polar surface area (TPSA) is 127 Å². The number of carboxylic acid groups (broad SMARTS) is 1. The van der Waals surface area contributed by atoms with Crippen LogP contribution in [0.2, 0.25) is 0 Å². The summed E-state index contributed by atoms with van der Waals surface area (Å²) in [6, 6.07) is 28.4.